The third-order valence-corrected chi connectivity index (χ3v) is 5.96. The molecule has 8 nitrogen and oxygen atoms in total. The first-order valence-corrected chi connectivity index (χ1v) is 11.2. The molecular formula is C21H23FN4O4S. The van der Waals surface area contributed by atoms with Crippen LogP contribution in [0.1, 0.15) is 23.7 Å². The molecule has 10 heteroatoms. The van der Waals surface area contributed by atoms with Crippen LogP contribution in [-0.2, 0) is 27.7 Å². The van der Waals surface area contributed by atoms with Crippen LogP contribution >= 0.6 is 0 Å². The molecule has 0 fully saturated rings. The summed E-state index contributed by atoms with van der Waals surface area (Å²) < 4.78 is 46.8. The van der Waals surface area contributed by atoms with Crippen molar-refractivity contribution in [1.29, 1.82) is 0 Å². The van der Waals surface area contributed by atoms with E-state index in [0.717, 1.165) is 17.7 Å². The molecule has 2 N–H and O–H groups in total. The molecule has 1 unspecified atom stereocenters. The zero-order valence-electron chi connectivity index (χ0n) is 16.9. The van der Waals surface area contributed by atoms with Gasteiger partial charge in [0.25, 0.3) is 0 Å². The average molecular weight is 447 g/mol. The number of halogens is 1. The fraction of sp³-hybridized carbons (Fsp3) is 0.286. The zero-order chi connectivity index (χ0) is 22.3. The number of nitrogens with one attached hydrogen (secondary N) is 2. The van der Waals surface area contributed by atoms with Crippen molar-refractivity contribution in [2.24, 2.45) is 0 Å². The van der Waals surface area contributed by atoms with Crippen molar-refractivity contribution in [2.45, 2.75) is 37.1 Å². The summed E-state index contributed by atoms with van der Waals surface area (Å²) in [6.07, 6.45) is 1.13. The summed E-state index contributed by atoms with van der Waals surface area (Å²) >= 11 is 0. The predicted molar refractivity (Wildman–Crippen MR) is 111 cm³/mol. The SMILES string of the molecule is Cc1noc(CCCNC(=O)C(Cc2ccccc2)NS(=O)(=O)c2ccccc2F)n1. The molecule has 0 bridgehead atoms. The van der Waals surface area contributed by atoms with E-state index in [4.69, 9.17) is 4.52 Å². The Balaban J connectivity index is 1.68. The molecule has 0 aliphatic heterocycles. The maximum Gasteiger partial charge on any atom is 0.244 e. The van der Waals surface area contributed by atoms with Gasteiger partial charge in [-0.1, -0.05) is 47.6 Å². The smallest absolute Gasteiger partial charge is 0.244 e. The Kier molecular flexibility index (Phi) is 7.48. The Bertz CT molecular complexity index is 1120. The normalized spacial score (nSPS) is 12.5. The van der Waals surface area contributed by atoms with E-state index in [1.165, 1.54) is 12.1 Å². The molecule has 0 radical (unpaired) electrons. The second-order valence-electron chi connectivity index (χ2n) is 6.92. The summed E-state index contributed by atoms with van der Waals surface area (Å²) in [5.41, 5.74) is 0.764. The third kappa shape index (κ3) is 6.43. The number of amides is 1. The number of carbonyl (C=O) groups is 1. The van der Waals surface area contributed by atoms with Crippen LogP contribution in [0.4, 0.5) is 4.39 Å². The van der Waals surface area contributed by atoms with Crippen molar-refractivity contribution >= 4 is 15.9 Å². The van der Waals surface area contributed by atoms with Crippen molar-refractivity contribution in [3.8, 4) is 0 Å². The molecule has 2 aromatic carbocycles. The van der Waals surface area contributed by atoms with E-state index in [2.05, 4.69) is 20.2 Å². The molecule has 0 saturated heterocycles. The van der Waals surface area contributed by atoms with E-state index in [9.17, 15) is 17.6 Å². The van der Waals surface area contributed by atoms with Crippen LogP contribution in [0.2, 0.25) is 0 Å². The van der Waals surface area contributed by atoms with Gasteiger partial charge in [-0.2, -0.15) is 9.71 Å². The molecule has 3 rings (SSSR count). The van der Waals surface area contributed by atoms with Gasteiger partial charge in [0.05, 0.1) is 0 Å². The lowest BCUT2D eigenvalue weighted by molar-refractivity contribution is -0.122. The van der Waals surface area contributed by atoms with Gasteiger partial charge in [-0.15, -0.1) is 0 Å². The molecule has 0 spiro atoms. The number of aryl methyl sites for hydroxylation is 2. The highest BCUT2D eigenvalue weighted by atomic mass is 32.2. The van der Waals surface area contributed by atoms with Crippen molar-refractivity contribution in [3.05, 3.63) is 77.7 Å². The summed E-state index contributed by atoms with van der Waals surface area (Å²) in [4.78, 5) is 16.4. The molecule has 3 aromatic rings. The van der Waals surface area contributed by atoms with E-state index in [-0.39, 0.29) is 13.0 Å². The monoisotopic (exact) mass is 446 g/mol. The van der Waals surface area contributed by atoms with Gasteiger partial charge in [0.1, 0.15) is 16.8 Å². The molecule has 0 saturated carbocycles. The number of rotatable bonds is 10. The quantitative estimate of drug-likeness (QED) is 0.461. The van der Waals surface area contributed by atoms with Gasteiger partial charge in [0.15, 0.2) is 5.82 Å². The number of aromatic nitrogens is 2. The number of hydrogen-bond donors (Lipinski definition) is 2. The minimum atomic E-state index is -4.25. The maximum absolute atomic E-state index is 14.0. The third-order valence-electron chi connectivity index (χ3n) is 4.46. The molecule has 164 valence electrons. The molecule has 0 aliphatic rings. The number of benzene rings is 2. The standard InChI is InChI=1S/C21H23FN4O4S/c1-15-24-20(30-25-15)12-7-13-23-21(27)18(14-16-8-3-2-4-9-16)26-31(28,29)19-11-6-5-10-17(19)22/h2-6,8-11,18,26H,7,12-14H2,1H3,(H,23,27). The van der Waals surface area contributed by atoms with Gasteiger partial charge in [0.2, 0.25) is 21.8 Å². The number of sulfonamides is 1. The van der Waals surface area contributed by atoms with Gasteiger partial charge in [-0.05, 0) is 37.5 Å². The Morgan fingerprint density at radius 2 is 1.84 bits per heavy atom. The molecule has 0 aliphatic carbocycles. The van der Waals surface area contributed by atoms with Crippen LogP contribution in [0.25, 0.3) is 0 Å². The van der Waals surface area contributed by atoms with Crippen LogP contribution in [0.15, 0.2) is 64.0 Å². The average Bonchev–Trinajstić information content (AvgIpc) is 3.16. The maximum atomic E-state index is 14.0. The van der Waals surface area contributed by atoms with E-state index in [1.807, 2.05) is 6.07 Å². The van der Waals surface area contributed by atoms with Crippen molar-refractivity contribution in [3.63, 3.8) is 0 Å². The topological polar surface area (TPSA) is 114 Å². The number of hydrogen-bond acceptors (Lipinski definition) is 6. The van der Waals surface area contributed by atoms with E-state index >= 15 is 0 Å². The number of carbonyl (C=O) groups excluding carboxylic acids is 1. The Morgan fingerprint density at radius 1 is 1.13 bits per heavy atom. The fourth-order valence-corrected chi connectivity index (χ4v) is 4.24. The molecule has 1 heterocycles. The van der Waals surface area contributed by atoms with E-state index in [1.54, 1.807) is 31.2 Å². The highest BCUT2D eigenvalue weighted by Gasteiger charge is 2.27. The summed E-state index contributed by atoms with van der Waals surface area (Å²) in [5.74, 6) is -0.397. The zero-order valence-corrected chi connectivity index (χ0v) is 17.7. The van der Waals surface area contributed by atoms with Crippen LogP contribution in [0, 0.1) is 12.7 Å². The first-order valence-electron chi connectivity index (χ1n) is 9.73. The van der Waals surface area contributed by atoms with Crippen LogP contribution in [0.3, 0.4) is 0 Å². The van der Waals surface area contributed by atoms with Crippen LogP contribution in [0.5, 0.6) is 0 Å². The van der Waals surface area contributed by atoms with Crippen molar-refractivity contribution < 1.29 is 22.1 Å². The highest BCUT2D eigenvalue weighted by molar-refractivity contribution is 7.89. The first kappa shape index (κ1) is 22.6. The largest absolute Gasteiger partial charge is 0.355 e. The van der Waals surface area contributed by atoms with E-state index in [0.29, 0.717) is 24.6 Å². The number of nitrogens with zero attached hydrogens (tertiary/aromatic N) is 2. The highest BCUT2D eigenvalue weighted by Crippen LogP contribution is 2.15. The van der Waals surface area contributed by atoms with Gasteiger partial charge < -0.3 is 9.84 Å². The molecule has 31 heavy (non-hydrogen) atoms. The van der Waals surface area contributed by atoms with Gasteiger partial charge >= 0.3 is 0 Å². The van der Waals surface area contributed by atoms with Gasteiger partial charge in [-0.3, -0.25) is 4.79 Å². The second-order valence-corrected chi connectivity index (χ2v) is 8.61. The van der Waals surface area contributed by atoms with Gasteiger partial charge in [-0.25, -0.2) is 12.8 Å². The lowest BCUT2D eigenvalue weighted by Gasteiger charge is -2.19. The summed E-state index contributed by atoms with van der Waals surface area (Å²) in [6, 6.07) is 12.9. The Hall–Kier alpha value is -3.11. The molecule has 1 amide bonds. The second kappa shape index (κ2) is 10.3. The van der Waals surface area contributed by atoms with Crippen LogP contribution in [-0.4, -0.2) is 37.1 Å². The molecule has 1 aromatic heterocycles. The van der Waals surface area contributed by atoms with Gasteiger partial charge in [0, 0.05) is 13.0 Å². The van der Waals surface area contributed by atoms with E-state index < -0.39 is 32.7 Å². The Morgan fingerprint density at radius 3 is 2.52 bits per heavy atom. The van der Waals surface area contributed by atoms with Crippen molar-refractivity contribution in [1.82, 2.24) is 20.2 Å². The Labute approximate surface area is 179 Å². The lowest BCUT2D eigenvalue weighted by atomic mass is 10.1. The first-order chi connectivity index (χ1) is 14.8. The summed E-state index contributed by atoms with van der Waals surface area (Å²) in [6.45, 7) is 2.00. The lowest BCUT2D eigenvalue weighted by Crippen LogP contribution is -2.48. The predicted octanol–water partition coefficient (Wildman–Crippen LogP) is 2.16. The summed E-state index contributed by atoms with van der Waals surface area (Å²) in [7, 11) is -4.25. The minimum Gasteiger partial charge on any atom is -0.355 e. The van der Waals surface area contributed by atoms with Crippen LogP contribution < -0.4 is 10.0 Å². The minimum absolute atomic E-state index is 0.114. The molecule has 1 atom stereocenters. The summed E-state index contributed by atoms with van der Waals surface area (Å²) in [5, 5.41) is 6.42. The fourth-order valence-electron chi connectivity index (χ4n) is 2.97. The van der Waals surface area contributed by atoms with Crippen molar-refractivity contribution in [2.75, 3.05) is 6.54 Å². The molecular weight excluding hydrogens is 423 g/mol.